The number of rotatable bonds is 6. The van der Waals surface area contributed by atoms with E-state index in [9.17, 15) is 37.4 Å². The highest BCUT2D eigenvalue weighted by atomic mass is 19.3. The number of nitrogens with one attached hydrogen (secondary N) is 1. The average molecular weight is 390 g/mol. The van der Waals surface area contributed by atoms with Gasteiger partial charge >= 0.3 is 24.5 Å². The van der Waals surface area contributed by atoms with Gasteiger partial charge in [0.15, 0.2) is 0 Å². The van der Waals surface area contributed by atoms with Crippen LogP contribution in [0.5, 0.6) is 5.75 Å². The van der Waals surface area contributed by atoms with Crippen molar-refractivity contribution in [2.75, 3.05) is 0 Å². The van der Waals surface area contributed by atoms with Gasteiger partial charge in [-0.3, -0.25) is 0 Å². The van der Waals surface area contributed by atoms with Crippen LogP contribution in [0.25, 0.3) is 0 Å². The number of allylic oxidation sites excluding steroid dienone is 1. The number of nitrogens with two attached hydrogens (primary N) is 1. The van der Waals surface area contributed by atoms with Crippen molar-refractivity contribution in [2.45, 2.75) is 25.4 Å². The number of aliphatic carboxylic acids is 2. The van der Waals surface area contributed by atoms with Crippen LogP contribution >= 0.6 is 0 Å². The minimum absolute atomic E-state index is 0.0410. The van der Waals surface area contributed by atoms with E-state index in [2.05, 4.69) is 10.1 Å². The molecular weight excluding hydrogens is 376 g/mol. The largest absolute Gasteiger partial charge is 0.478 e. The number of ether oxygens (including phenoxy) is 1. The molecule has 1 aromatic rings. The number of carbonyl (C=O) groups is 2. The van der Waals surface area contributed by atoms with E-state index in [1.165, 1.54) is 13.0 Å². The van der Waals surface area contributed by atoms with Crippen LogP contribution in [0, 0.1) is 0 Å². The van der Waals surface area contributed by atoms with E-state index < -0.39 is 41.7 Å². The summed E-state index contributed by atoms with van der Waals surface area (Å²) in [6.07, 6.45) is -8.87. The quantitative estimate of drug-likeness (QED) is 0.550. The lowest BCUT2D eigenvalue weighted by molar-refractivity contribution is -0.253. The van der Waals surface area contributed by atoms with Crippen molar-refractivity contribution in [3.05, 3.63) is 52.5 Å². The van der Waals surface area contributed by atoms with Gasteiger partial charge in [-0.05, 0) is 24.6 Å². The predicted molar refractivity (Wildman–Crippen MR) is 83.1 cm³/mol. The van der Waals surface area contributed by atoms with Crippen molar-refractivity contribution in [3.63, 3.8) is 0 Å². The summed E-state index contributed by atoms with van der Waals surface area (Å²) >= 11 is 0. The zero-order valence-electron chi connectivity index (χ0n) is 13.7. The fourth-order valence-corrected chi connectivity index (χ4v) is 2.67. The molecule has 0 bridgehead atoms. The highest BCUT2D eigenvalue weighted by molar-refractivity contribution is 5.98. The molecule has 0 fully saturated rings. The molecule has 1 aromatic carbocycles. The molecule has 7 nitrogen and oxygen atoms in total. The second-order valence-corrected chi connectivity index (χ2v) is 5.57. The highest BCUT2D eigenvalue weighted by Crippen LogP contribution is 2.39. The van der Waals surface area contributed by atoms with E-state index >= 15 is 0 Å². The molecule has 0 aromatic heterocycles. The Kier molecular flexibility index (Phi) is 5.33. The van der Waals surface area contributed by atoms with E-state index in [-0.39, 0.29) is 22.7 Å². The number of alkyl halides is 4. The molecule has 0 radical (unpaired) electrons. The average Bonchev–Trinajstić information content (AvgIpc) is 2.52. The molecule has 0 saturated carbocycles. The van der Waals surface area contributed by atoms with Gasteiger partial charge in [0.1, 0.15) is 11.6 Å². The molecule has 1 aliphatic rings. The summed E-state index contributed by atoms with van der Waals surface area (Å²) in [5.74, 6) is -5.48. The fourth-order valence-electron chi connectivity index (χ4n) is 2.67. The molecule has 1 heterocycles. The molecule has 0 amide bonds. The Bertz CT molecular complexity index is 815. The molecule has 1 unspecified atom stereocenters. The molecule has 11 heteroatoms. The van der Waals surface area contributed by atoms with Crippen molar-refractivity contribution >= 4 is 11.9 Å². The highest BCUT2D eigenvalue weighted by Gasteiger charge is 2.44. The molecule has 0 aliphatic carbocycles. The van der Waals surface area contributed by atoms with Crippen LogP contribution in [0.15, 0.2) is 46.9 Å². The lowest BCUT2D eigenvalue weighted by atomic mass is 9.81. The van der Waals surface area contributed by atoms with Crippen LogP contribution < -0.4 is 15.8 Å². The summed E-state index contributed by atoms with van der Waals surface area (Å²) in [6, 6.07) is 4.19. The molecule has 2 rings (SSSR count). The maximum Gasteiger partial charge on any atom is 0.461 e. The Hall–Kier alpha value is -3.24. The number of hydrogen-bond donors (Lipinski definition) is 4. The van der Waals surface area contributed by atoms with Crippen molar-refractivity contribution in [3.8, 4) is 5.75 Å². The van der Waals surface area contributed by atoms with Gasteiger partial charge in [0, 0.05) is 5.70 Å². The maximum absolute atomic E-state index is 13.1. The van der Waals surface area contributed by atoms with Crippen LogP contribution in [0.4, 0.5) is 17.6 Å². The molecule has 146 valence electrons. The Balaban J connectivity index is 2.58. The van der Waals surface area contributed by atoms with E-state index in [4.69, 9.17) is 5.73 Å². The minimum Gasteiger partial charge on any atom is -0.478 e. The molecule has 1 aliphatic heterocycles. The summed E-state index contributed by atoms with van der Waals surface area (Å²) in [6.45, 7) is 1.34. The third-order valence-electron chi connectivity index (χ3n) is 3.75. The predicted octanol–water partition coefficient (Wildman–Crippen LogP) is 2.22. The molecule has 1 atom stereocenters. The van der Waals surface area contributed by atoms with Gasteiger partial charge in [0.25, 0.3) is 0 Å². The van der Waals surface area contributed by atoms with E-state index in [0.717, 1.165) is 18.2 Å². The number of benzene rings is 1. The normalized spacial score (nSPS) is 17.8. The summed E-state index contributed by atoms with van der Waals surface area (Å²) in [4.78, 5) is 23.2. The molecule has 27 heavy (non-hydrogen) atoms. The van der Waals surface area contributed by atoms with E-state index in [1.54, 1.807) is 0 Å². The topological polar surface area (TPSA) is 122 Å². The van der Waals surface area contributed by atoms with Gasteiger partial charge < -0.3 is 26.0 Å². The SMILES string of the molecule is CC1=C(C(=O)O)C(c2cccc(OC(F)(F)C(F)F)c2)C(C(=O)O)=C(N)N1. The monoisotopic (exact) mass is 390 g/mol. The Morgan fingerprint density at radius 3 is 2.33 bits per heavy atom. The summed E-state index contributed by atoms with van der Waals surface area (Å²) in [5.41, 5.74) is 4.68. The first kappa shape index (κ1) is 20.1. The Morgan fingerprint density at radius 1 is 1.22 bits per heavy atom. The van der Waals surface area contributed by atoms with Crippen LogP contribution in [-0.2, 0) is 9.59 Å². The number of dihydropyridines is 1. The van der Waals surface area contributed by atoms with Crippen molar-refractivity contribution in [1.82, 2.24) is 5.32 Å². The summed E-state index contributed by atoms with van der Waals surface area (Å²) in [7, 11) is 0. The van der Waals surface area contributed by atoms with Crippen molar-refractivity contribution < 1.29 is 42.1 Å². The second kappa shape index (κ2) is 7.17. The first-order chi connectivity index (χ1) is 12.5. The van der Waals surface area contributed by atoms with Gasteiger partial charge in [0.05, 0.1) is 17.1 Å². The number of halogens is 4. The van der Waals surface area contributed by atoms with Crippen LogP contribution in [0.3, 0.4) is 0 Å². The Morgan fingerprint density at radius 2 is 1.81 bits per heavy atom. The number of carboxylic acids is 2. The van der Waals surface area contributed by atoms with Gasteiger partial charge in [0.2, 0.25) is 0 Å². The molecule has 0 saturated heterocycles. The van der Waals surface area contributed by atoms with Crippen LogP contribution in [0.2, 0.25) is 0 Å². The molecule has 0 spiro atoms. The lowest BCUT2D eigenvalue weighted by Crippen LogP contribution is -2.35. The summed E-state index contributed by atoms with van der Waals surface area (Å²) in [5, 5.41) is 21.3. The minimum atomic E-state index is -4.78. The first-order valence-electron chi connectivity index (χ1n) is 7.34. The first-order valence-corrected chi connectivity index (χ1v) is 7.34. The third kappa shape index (κ3) is 3.96. The van der Waals surface area contributed by atoms with Crippen molar-refractivity contribution in [2.24, 2.45) is 5.73 Å². The smallest absolute Gasteiger partial charge is 0.461 e. The fraction of sp³-hybridized carbons (Fsp3) is 0.250. The lowest BCUT2D eigenvalue weighted by Gasteiger charge is -2.28. The zero-order valence-corrected chi connectivity index (χ0v) is 13.7. The van der Waals surface area contributed by atoms with Gasteiger partial charge in [-0.2, -0.15) is 17.6 Å². The number of hydrogen-bond acceptors (Lipinski definition) is 5. The van der Waals surface area contributed by atoms with E-state index in [0.29, 0.717) is 0 Å². The third-order valence-corrected chi connectivity index (χ3v) is 3.75. The number of carboxylic acid groups (broad SMARTS) is 2. The van der Waals surface area contributed by atoms with Crippen LogP contribution in [0.1, 0.15) is 18.4 Å². The van der Waals surface area contributed by atoms with Gasteiger partial charge in [-0.25, -0.2) is 9.59 Å². The van der Waals surface area contributed by atoms with Crippen molar-refractivity contribution in [1.29, 1.82) is 0 Å². The van der Waals surface area contributed by atoms with E-state index in [1.807, 2.05) is 0 Å². The van der Waals surface area contributed by atoms with Crippen LogP contribution in [-0.4, -0.2) is 34.7 Å². The molecular formula is C16H14F4N2O5. The Labute approximate surface area is 149 Å². The second-order valence-electron chi connectivity index (χ2n) is 5.57. The zero-order chi connectivity index (χ0) is 20.5. The van der Waals surface area contributed by atoms with Gasteiger partial charge in [-0.1, -0.05) is 12.1 Å². The molecule has 5 N–H and O–H groups in total. The summed E-state index contributed by atoms with van der Waals surface area (Å²) < 4.78 is 54.9. The maximum atomic E-state index is 13.1. The standard InChI is InChI=1S/C16H14F4N2O5/c1-6-9(13(23)24)10(11(14(25)26)12(21)22-6)7-3-2-4-8(5-7)27-16(19,20)15(17)18/h2-5,10,15,22H,21H2,1H3,(H,23,24)(H,25,26). The van der Waals surface area contributed by atoms with Gasteiger partial charge in [-0.15, -0.1) is 0 Å².